The molecule has 2 heteroatoms. The molecule has 2 aromatic rings. The highest BCUT2D eigenvalue weighted by Gasteiger charge is 2.16. The fourth-order valence-corrected chi connectivity index (χ4v) is 2.78. The van der Waals surface area contributed by atoms with Crippen molar-refractivity contribution in [3.8, 4) is 22.6 Å². The summed E-state index contributed by atoms with van der Waals surface area (Å²) in [5.74, 6) is -0.0479. The maximum Gasteiger partial charge on any atom is 0.165 e. The van der Waals surface area contributed by atoms with E-state index in [0.717, 1.165) is 35.1 Å². The number of rotatable bonds is 5. The average Bonchev–Trinajstić information content (AvgIpc) is 2.55. The molecular formula is C21H24O2. The van der Waals surface area contributed by atoms with Gasteiger partial charge in [0.2, 0.25) is 0 Å². The van der Waals surface area contributed by atoms with E-state index in [-0.39, 0.29) is 11.5 Å². The zero-order valence-electron chi connectivity index (χ0n) is 14.0. The van der Waals surface area contributed by atoms with E-state index in [1.54, 1.807) is 0 Å². The van der Waals surface area contributed by atoms with E-state index in [0.29, 0.717) is 5.56 Å². The summed E-state index contributed by atoms with van der Waals surface area (Å²) in [4.78, 5) is 0. The Hall–Kier alpha value is -2.48. The molecule has 2 N–H and O–H groups in total. The smallest absolute Gasteiger partial charge is 0.165 e. The fraction of sp³-hybridized carbons (Fsp3) is 0.238. The van der Waals surface area contributed by atoms with Gasteiger partial charge < -0.3 is 10.2 Å². The molecule has 0 saturated carbocycles. The van der Waals surface area contributed by atoms with Crippen LogP contribution in [0, 0.1) is 0 Å². The van der Waals surface area contributed by atoms with Gasteiger partial charge in [-0.1, -0.05) is 55.8 Å². The Labute approximate surface area is 138 Å². The molecule has 0 atom stereocenters. The lowest BCUT2D eigenvalue weighted by molar-refractivity contribution is 0.400. The van der Waals surface area contributed by atoms with Crippen LogP contribution in [0.2, 0.25) is 0 Å². The minimum atomic E-state index is -0.0423. The lowest BCUT2D eigenvalue weighted by atomic mass is 9.93. The molecule has 0 amide bonds. The summed E-state index contributed by atoms with van der Waals surface area (Å²) in [7, 11) is 0. The molecule has 0 radical (unpaired) electrons. The van der Waals surface area contributed by atoms with Crippen molar-refractivity contribution in [2.24, 2.45) is 0 Å². The molecule has 2 aromatic carbocycles. The first kappa shape index (κ1) is 16.9. The van der Waals surface area contributed by atoms with Crippen LogP contribution in [0.3, 0.4) is 0 Å². The van der Waals surface area contributed by atoms with Gasteiger partial charge in [-0.05, 0) is 49.1 Å². The Balaban J connectivity index is 2.65. The van der Waals surface area contributed by atoms with E-state index in [2.05, 4.69) is 6.92 Å². The molecule has 2 nitrogen and oxygen atoms in total. The summed E-state index contributed by atoms with van der Waals surface area (Å²) in [6, 6.07) is 9.87. The van der Waals surface area contributed by atoms with E-state index in [4.69, 9.17) is 0 Å². The van der Waals surface area contributed by atoms with Crippen LogP contribution < -0.4 is 0 Å². The number of hydrogen-bond donors (Lipinski definition) is 2. The van der Waals surface area contributed by atoms with E-state index in [1.165, 1.54) is 0 Å². The molecule has 0 aliphatic heterocycles. The third-order valence-electron chi connectivity index (χ3n) is 3.82. The van der Waals surface area contributed by atoms with Crippen LogP contribution >= 0.6 is 0 Å². The number of hydrogen-bond acceptors (Lipinski definition) is 2. The highest BCUT2D eigenvalue weighted by molar-refractivity contribution is 5.80. The molecule has 0 aliphatic rings. The third kappa shape index (κ3) is 3.65. The Morgan fingerprint density at radius 2 is 1.70 bits per heavy atom. The molecule has 0 fully saturated rings. The molecule has 0 unspecified atom stereocenters. The Morgan fingerprint density at radius 3 is 2.35 bits per heavy atom. The monoisotopic (exact) mass is 308 g/mol. The van der Waals surface area contributed by atoms with E-state index >= 15 is 0 Å². The van der Waals surface area contributed by atoms with Gasteiger partial charge in [0.1, 0.15) is 0 Å². The molecule has 0 aromatic heterocycles. The van der Waals surface area contributed by atoms with Gasteiger partial charge in [0, 0.05) is 11.1 Å². The maximum atomic E-state index is 10.5. The Morgan fingerprint density at radius 1 is 0.957 bits per heavy atom. The number of phenols is 2. The number of phenolic OH excluding ortho intramolecular Hbond substituents is 2. The second kappa shape index (κ2) is 7.68. The molecule has 0 saturated heterocycles. The first-order chi connectivity index (χ1) is 11.1. The van der Waals surface area contributed by atoms with Crippen molar-refractivity contribution in [2.45, 2.75) is 33.6 Å². The highest BCUT2D eigenvalue weighted by Crippen LogP contribution is 2.42. The zero-order valence-corrected chi connectivity index (χ0v) is 14.0. The minimum Gasteiger partial charge on any atom is -0.504 e. The van der Waals surface area contributed by atoms with Crippen molar-refractivity contribution >= 4 is 12.2 Å². The van der Waals surface area contributed by atoms with Crippen molar-refractivity contribution in [1.82, 2.24) is 0 Å². The summed E-state index contributed by atoms with van der Waals surface area (Å²) < 4.78 is 0. The predicted molar refractivity (Wildman–Crippen MR) is 98.6 cm³/mol. The van der Waals surface area contributed by atoms with Gasteiger partial charge in [-0.15, -0.1) is 0 Å². The van der Waals surface area contributed by atoms with E-state index < -0.39 is 0 Å². The third-order valence-corrected chi connectivity index (χ3v) is 3.82. The summed E-state index contributed by atoms with van der Waals surface area (Å²) in [6.07, 6.45) is 9.56. The normalized spacial score (nSPS) is 11.6. The van der Waals surface area contributed by atoms with Crippen LogP contribution in [-0.4, -0.2) is 10.2 Å². The van der Waals surface area contributed by atoms with Crippen molar-refractivity contribution < 1.29 is 10.2 Å². The first-order valence-electron chi connectivity index (χ1n) is 8.06. The summed E-state index contributed by atoms with van der Waals surface area (Å²) in [5, 5.41) is 20.9. The largest absolute Gasteiger partial charge is 0.504 e. The van der Waals surface area contributed by atoms with Gasteiger partial charge in [0.15, 0.2) is 11.5 Å². The summed E-state index contributed by atoms with van der Waals surface area (Å²) in [5.41, 5.74) is 4.37. The molecule has 0 bridgehead atoms. The second-order valence-electron chi connectivity index (χ2n) is 5.56. The van der Waals surface area contributed by atoms with Gasteiger partial charge in [0.05, 0.1) is 0 Å². The fourth-order valence-electron chi connectivity index (χ4n) is 2.78. The van der Waals surface area contributed by atoms with Crippen molar-refractivity contribution in [3.05, 3.63) is 59.2 Å². The van der Waals surface area contributed by atoms with Crippen LogP contribution in [0.4, 0.5) is 0 Å². The highest BCUT2D eigenvalue weighted by atomic mass is 16.3. The van der Waals surface area contributed by atoms with Gasteiger partial charge in [0.25, 0.3) is 0 Å². The van der Waals surface area contributed by atoms with Crippen molar-refractivity contribution in [1.29, 1.82) is 0 Å². The van der Waals surface area contributed by atoms with Crippen LogP contribution in [-0.2, 0) is 6.42 Å². The zero-order chi connectivity index (χ0) is 16.8. The SMILES string of the molecule is CC=Cc1cccc(-c2cc(C=CC)c(CCC)c(O)c2O)c1. The molecule has 0 heterocycles. The molecule has 23 heavy (non-hydrogen) atoms. The molecule has 2 rings (SSSR count). The minimum absolute atomic E-state index is 0.00566. The standard InChI is InChI=1S/C21H24O2/c1-4-8-15-11-7-12-17(13-15)19-14-16(9-5-2)18(10-6-3)20(22)21(19)23/h4-5,7-9,11-14,22-23H,6,10H2,1-3H3. The molecule has 120 valence electrons. The van der Waals surface area contributed by atoms with Crippen LogP contribution in [0.15, 0.2) is 42.5 Å². The average molecular weight is 308 g/mol. The van der Waals surface area contributed by atoms with Crippen LogP contribution in [0.5, 0.6) is 11.5 Å². The van der Waals surface area contributed by atoms with E-state index in [9.17, 15) is 10.2 Å². The van der Waals surface area contributed by atoms with Crippen molar-refractivity contribution in [2.75, 3.05) is 0 Å². The lowest BCUT2D eigenvalue weighted by Gasteiger charge is -2.14. The molecule has 0 spiro atoms. The molecule has 0 aliphatic carbocycles. The topological polar surface area (TPSA) is 40.5 Å². The maximum absolute atomic E-state index is 10.5. The van der Waals surface area contributed by atoms with Gasteiger partial charge in [-0.25, -0.2) is 0 Å². The lowest BCUT2D eigenvalue weighted by Crippen LogP contribution is -1.93. The number of aromatic hydroxyl groups is 2. The Kier molecular flexibility index (Phi) is 5.64. The van der Waals surface area contributed by atoms with Crippen molar-refractivity contribution in [3.63, 3.8) is 0 Å². The van der Waals surface area contributed by atoms with Crippen LogP contribution in [0.1, 0.15) is 43.9 Å². The predicted octanol–water partition coefficient (Wildman–Crippen LogP) is 5.78. The second-order valence-corrected chi connectivity index (χ2v) is 5.56. The number of benzene rings is 2. The van der Waals surface area contributed by atoms with E-state index in [1.807, 2.05) is 68.5 Å². The first-order valence-corrected chi connectivity index (χ1v) is 8.06. The molecular weight excluding hydrogens is 284 g/mol. The van der Waals surface area contributed by atoms with Gasteiger partial charge >= 0.3 is 0 Å². The van der Waals surface area contributed by atoms with Gasteiger partial charge in [-0.2, -0.15) is 0 Å². The summed E-state index contributed by atoms with van der Waals surface area (Å²) in [6.45, 7) is 5.98. The van der Waals surface area contributed by atoms with Crippen LogP contribution in [0.25, 0.3) is 23.3 Å². The summed E-state index contributed by atoms with van der Waals surface area (Å²) >= 11 is 0. The quantitative estimate of drug-likeness (QED) is 0.687. The van der Waals surface area contributed by atoms with Gasteiger partial charge in [-0.3, -0.25) is 0 Å². The Bertz CT molecular complexity index is 740. The number of allylic oxidation sites excluding steroid dienone is 2.